The first-order chi connectivity index (χ1) is 21.0. The van der Waals surface area contributed by atoms with Crippen molar-refractivity contribution in [1.29, 1.82) is 0 Å². The molecule has 0 bridgehead atoms. The Morgan fingerprint density at radius 2 is 1.59 bits per heavy atom. The molecule has 11 nitrogen and oxygen atoms in total. The predicted octanol–water partition coefficient (Wildman–Crippen LogP) is 5.13. The van der Waals surface area contributed by atoms with Crippen molar-refractivity contribution in [3.05, 3.63) is 88.7 Å². The molecule has 0 atom stereocenters. The molecule has 0 aliphatic rings. The molecule has 1 amide bonds. The van der Waals surface area contributed by atoms with Crippen LogP contribution in [-0.4, -0.2) is 60.1 Å². The van der Waals surface area contributed by atoms with Crippen molar-refractivity contribution in [1.82, 2.24) is 9.99 Å². The number of anilines is 1. The van der Waals surface area contributed by atoms with Gasteiger partial charge in [0, 0.05) is 29.1 Å². The van der Waals surface area contributed by atoms with E-state index in [0.29, 0.717) is 16.5 Å². The van der Waals surface area contributed by atoms with Gasteiger partial charge in [-0.15, -0.1) is 0 Å². The smallest absolute Gasteiger partial charge is 0.265 e. The largest absolute Gasteiger partial charge is 0.497 e. The summed E-state index contributed by atoms with van der Waals surface area (Å²) in [6.07, 6.45) is 1.49. The molecule has 1 heterocycles. The number of rotatable bonds is 12. The number of nitrogens with one attached hydrogen (secondary N) is 1. The van der Waals surface area contributed by atoms with Crippen LogP contribution in [0.5, 0.6) is 23.0 Å². The summed E-state index contributed by atoms with van der Waals surface area (Å²) in [6.45, 7) is 3.22. The van der Waals surface area contributed by atoms with Crippen molar-refractivity contribution in [2.75, 3.05) is 39.3 Å². The van der Waals surface area contributed by atoms with E-state index < -0.39 is 22.5 Å². The van der Waals surface area contributed by atoms with Crippen LogP contribution in [0.15, 0.2) is 76.7 Å². The minimum absolute atomic E-state index is 0.0871. The second kappa shape index (κ2) is 13.7. The molecule has 13 heteroatoms. The van der Waals surface area contributed by atoms with E-state index in [1.807, 2.05) is 48.7 Å². The van der Waals surface area contributed by atoms with E-state index in [1.54, 1.807) is 12.1 Å². The lowest BCUT2D eigenvalue weighted by atomic mass is 10.2. The average molecular weight is 641 g/mol. The highest BCUT2D eigenvalue weighted by Gasteiger charge is 2.31. The van der Waals surface area contributed by atoms with E-state index >= 15 is 0 Å². The van der Waals surface area contributed by atoms with Crippen LogP contribution in [-0.2, 0) is 14.8 Å². The van der Waals surface area contributed by atoms with Crippen molar-refractivity contribution in [2.45, 2.75) is 18.7 Å². The molecule has 232 valence electrons. The standard InChI is InChI=1S/C31H33ClN4O7S/c1-20-15-22(21(2)36(20)26-10-8-7-9-25(26)32)18-33-34-31(37)19-35(27-16-23(40-3)11-13-28(27)41-4)44(38,39)24-12-14-29(42-5)30(17-24)43-6/h7-18H,19H2,1-6H3,(H,34,37)/b33-18-. The van der Waals surface area contributed by atoms with E-state index in [4.69, 9.17) is 30.5 Å². The first kappa shape index (κ1) is 32.2. The number of aryl methyl sites for hydroxylation is 1. The third-order valence-electron chi connectivity index (χ3n) is 6.84. The molecular weight excluding hydrogens is 608 g/mol. The molecule has 0 aliphatic heterocycles. The highest BCUT2D eigenvalue weighted by Crippen LogP contribution is 2.37. The van der Waals surface area contributed by atoms with Gasteiger partial charge in [-0.3, -0.25) is 9.10 Å². The maximum atomic E-state index is 14.0. The van der Waals surface area contributed by atoms with Crippen LogP contribution >= 0.6 is 11.6 Å². The Bertz CT molecular complexity index is 1800. The summed E-state index contributed by atoms with van der Waals surface area (Å²) in [7, 11) is 1.34. The summed E-state index contributed by atoms with van der Waals surface area (Å²) in [5.74, 6) is 0.418. The van der Waals surface area contributed by atoms with Gasteiger partial charge in [0.05, 0.1) is 55.9 Å². The topological polar surface area (TPSA) is 121 Å². The van der Waals surface area contributed by atoms with E-state index in [-0.39, 0.29) is 22.1 Å². The molecule has 0 saturated heterocycles. The first-order valence-electron chi connectivity index (χ1n) is 13.3. The van der Waals surface area contributed by atoms with Gasteiger partial charge < -0.3 is 23.5 Å². The van der Waals surface area contributed by atoms with Crippen molar-refractivity contribution in [3.8, 4) is 28.7 Å². The Morgan fingerprint density at radius 1 is 0.909 bits per heavy atom. The van der Waals surface area contributed by atoms with Crippen LogP contribution in [0.3, 0.4) is 0 Å². The summed E-state index contributed by atoms with van der Waals surface area (Å²) in [5, 5.41) is 4.71. The van der Waals surface area contributed by atoms with Crippen molar-refractivity contribution < 1.29 is 32.2 Å². The normalized spacial score (nSPS) is 11.3. The van der Waals surface area contributed by atoms with Gasteiger partial charge in [-0.25, -0.2) is 13.8 Å². The number of ether oxygens (including phenoxy) is 4. The van der Waals surface area contributed by atoms with Gasteiger partial charge in [0.15, 0.2) is 11.5 Å². The predicted molar refractivity (Wildman–Crippen MR) is 170 cm³/mol. The zero-order valence-corrected chi connectivity index (χ0v) is 26.7. The average Bonchev–Trinajstić information content (AvgIpc) is 3.31. The number of nitrogens with zero attached hydrogens (tertiary/aromatic N) is 3. The van der Waals surface area contributed by atoms with E-state index in [9.17, 15) is 13.2 Å². The number of methoxy groups -OCH3 is 4. The lowest BCUT2D eigenvalue weighted by Crippen LogP contribution is -2.39. The number of hydrogen-bond acceptors (Lipinski definition) is 8. The third kappa shape index (κ3) is 6.61. The Hall–Kier alpha value is -4.68. The molecule has 4 rings (SSSR count). The highest BCUT2D eigenvalue weighted by molar-refractivity contribution is 7.92. The van der Waals surface area contributed by atoms with Gasteiger partial charge in [-0.05, 0) is 56.3 Å². The number of carbonyl (C=O) groups excluding carboxylic acids is 1. The number of aromatic nitrogens is 1. The number of halogens is 1. The van der Waals surface area contributed by atoms with Crippen molar-refractivity contribution in [2.24, 2.45) is 5.10 Å². The lowest BCUT2D eigenvalue weighted by Gasteiger charge is -2.26. The minimum atomic E-state index is -4.35. The lowest BCUT2D eigenvalue weighted by molar-refractivity contribution is -0.119. The summed E-state index contributed by atoms with van der Waals surface area (Å²) in [5.41, 5.74) is 5.86. The monoisotopic (exact) mass is 640 g/mol. The van der Waals surface area contributed by atoms with Crippen LogP contribution in [0.25, 0.3) is 5.69 Å². The van der Waals surface area contributed by atoms with Crippen molar-refractivity contribution in [3.63, 3.8) is 0 Å². The van der Waals surface area contributed by atoms with Crippen LogP contribution < -0.4 is 28.7 Å². The van der Waals surface area contributed by atoms with E-state index in [1.165, 1.54) is 58.9 Å². The number of carbonyl (C=O) groups is 1. The number of amides is 1. The Labute approximate surface area is 261 Å². The SMILES string of the molecule is COc1ccc(OC)c(N(CC(=O)N/N=C\c2cc(C)n(-c3ccccc3Cl)c2C)S(=O)(=O)c2ccc(OC)c(OC)c2)c1. The minimum Gasteiger partial charge on any atom is -0.497 e. The van der Waals surface area contributed by atoms with Crippen LogP contribution in [0.4, 0.5) is 5.69 Å². The van der Waals surface area contributed by atoms with Gasteiger partial charge in [0.2, 0.25) is 0 Å². The maximum absolute atomic E-state index is 14.0. The molecule has 0 saturated carbocycles. The van der Waals surface area contributed by atoms with E-state index in [2.05, 4.69) is 10.5 Å². The quantitative estimate of drug-likeness (QED) is 0.168. The molecule has 0 aliphatic carbocycles. The van der Waals surface area contributed by atoms with Gasteiger partial charge in [0.1, 0.15) is 18.0 Å². The second-order valence-electron chi connectivity index (χ2n) is 9.47. The molecule has 0 unspecified atom stereocenters. The molecule has 1 aromatic heterocycles. The fourth-order valence-electron chi connectivity index (χ4n) is 4.66. The molecule has 0 fully saturated rings. The van der Waals surface area contributed by atoms with Crippen LogP contribution in [0, 0.1) is 13.8 Å². The fraction of sp³-hybridized carbons (Fsp3) is 0.226. The summed E-state index contributed by atoms with van der Waals surface area (Å²) >= 11 is 6.42. The zero-order chi connectivity index (χ0) is 32.0. The Kier molecular flexibility index (Phi) is 10.1. The van der Waals surface area contributed by atoms with Crippen LogP contribution in [0.1, 0.15) is 17.0 Å². The van der Waals surface area contributed by atoms with Crippen molar-refractivity contribution >= 4 is 39.4 Å². The number of sulfonamides is 1. The second-order valence-corrected chi connectivity index (χ2v) is 11.7. The fourth-order valence-corrected chi connectivity index (χ4v) is 6.32. The molecule has 1 N–H and O–H groups in total. The van der Waals surface area contributed by atoms with Gasteiger partial charge >= 0.3 is 0 Å². The molecule has 0 spiro atoms. The molecule has 4 aromatic rings. The number of hydrogen-bond donors (Lipinski definition) is 1. The van der Waals surface area contributed by atoms with Crippen LogP contribution in [0.2, 0.25) is 5.02 Å². The number of benzene rings is 3. The van der Waals surface area contributed by atoms with E-state index in [0.717, 1.165) is 26.9 Å². The Morgan fingerprint density at radius 3 is 2.25 bits per heavy atom. The molecule has 44 heavy (non-hydrogen) atoms. The summed E-state index contributed by atoms with van der Waals surface area (Å²) in [6, 6.07) is 18.2. The molecule has 0 radical (unpaired) electrons. The number of hydrazone groups is 1. The van der Waals surface area contributed by atoms with Gasteiger partial charge in [0.25, 0.3) is 15.9 Å². The summed E-state index contributed by atoms with van der Waals surface area (Å²) < 4.78 is 52.3. The first-order valence-corrected chi connectivity index (χ1v) is 15.1. The third-order valence-corrected chi connectivity index (χ3v) is 8.92. The summed E-state index contributed by atoms with van der Waals surface area (Å²) in [4.78, 5) is 13.1. The highest BCUT2D eigenvalue weighted by atomic mass is 35.5. The van der Waals surface area contributed by atoms with Gasteiger partial charge in [-0.2, -0.15) is 5.10 Å². The zero-order valence-electron chi connectivity index (χ0n) is 25.1. The Balaban J connectivity index is 1.66. The maximum Gasteiger partial charge on any atom is 0.265 e. The molecular formula is C31H33ClN4O7S. The number of para-hydroxylation sites is 1. The molecule has 3 aromatic carbocycles. The van der Waals surface area contributed by atoms with Gasteiger partial charge in [-0.1, -0.05) is 23.7 Å².